The molecular formula is C19H26N2O2S. The molecule has 1 aromatic carbocycles. The minimum absolute atomic E-state index is 0.229. The number of nitrogens with one attached hydrogen (secondary N) is 1. The highest BCUT2D eigenvalue weighted by Gasteiger charge is 2.60. The van der Waals surface area contributed by atoms with Crippen molar-refractivity contribution in [1.29, 1.82) is 0 Å². The van der Waals surface area contributed by atoms with Gasteiger partial charge in [-0.05, 0) is 61.5 Å². The molecule has 3 fully saturated rings. The molecule has 1 spiro atoms. The molecule has 3 aliphatic carbocycles. The summed E-state index contributed by atoms with van der Waals surface area (Å²) in [5, 5.41) is 0. The summed E-state index contributed by atoms with van der Waals surface area (Å²) in [6.07, 6.45) is 8.75. The van der Waals surface area contributed by atoms with Gasteiger partial charge in [-0.15, -0.1) is 0 Å². The van der Waals surface area contributed by atoms with Gasteiger partial charge in [0.05, 0.1) is 5.54 Å². The highest BCUT2D eigenvalue weighted by atomic mass is 32.2. The Bertz CT molecular complexity index is 721. The summed E-state index contributed by atoms with van der Waals surface area (Å²) in [7, 11) is -3.32. The van der Waals surface area contributed by atoms with Crippen molar-refractivity contribution >= 4 is 10.2 Å². The number of nitrogens with zero attached hydrogens (tertiary/aromatic N) is 1. The first kappa shape index (κ1) is 15.4. The van der Waals surface area contributed by atoms with Gasteiger partial charge < -0.3 is 0 Å². The first-order valence-corrected chi connectivity index (χ1v) is 10.9. The Kier molecular flexibility index (Phi) is 3.39. The van der Waals surface area contributed by atoms with Crippen molar-refractivity contribution in [3.63, 3.8) is 0 Å². The van der Waals surface area contributed by atoms with E-state index in [1.165, 1.54) is 24.0 Å². The predicted octanol–water partition coefficient (Wildman–Crippen LogP) is 2.64. The number of hydrogen-bond acceptors (Lipinski definition) is 2. The van der Waals surface area contributed by atoms with Crippen LogP contribution in [0.5, 0.6) is 0 Å². The molecule has 3 atom stereocenters. The van der Waals surface area contributed by atoms with Crippen molar-refractivity contribution in [2.45, 2.75) is 62.9 Å². The molecule has 24 heavy (non-hydrogen) atoms. The van der Waals surface area contributed by atoms with Crippen molar-refractivity contribution in [2.75, 3.05) is 6.54 Å². The summed E-state index contributed by atoms with van der Waals surface area (Å²) in [5.74, 6) is 0.875. The van der Waals surface area contributed by atoms with E-state index >= 15 is 0 Å². The second-order valence-electron chi connectivity index (χ2n) is 8.28. The van der Waals surface area contributed by atoms with Crippen molar-refractivity contribution in [3.8, 4) is 0 Å². The van der Waals surface area contributed by atoms with E-state index in [4.69, 9.17) is 0 Å². The summed E-state index contributed by atoms with van der Waals surface area (Å²) in [6, 6.07) is 8.94. The number of benzene rings is 1. The zero-order chi connectivity index (χ0) is 16.4. The van der Waals surface area contributed by atoms with Crippen LogP contribution in [-0.2, 0) is 23.1 Å². The van der Waals surface area contributed by atoms with Crippen molar-refractivity contribution in [2.24, 2.45) is 11.8 Å². The highest BCUT2D eigenvalue weighted by Crippen LogP contribution is 2.51. The van der Waals surface area contributed by atoms with E-state index in [2.05, 4.69) is 29.0 Å². The van der Waals surface area contributed by atoms with Gasteiger partial charge in [-0.2, -0.15) is 17.4 Å². The van der Waals surface area contributed by atoms with E-state index < -0.39 is 10.2 Å². The first-order valence-electron chi connectivity index (χ1n) is 9.46. The fraction of sp³-hybridized carbons (Fsp3) is 0.684. The normalized spacial score (nSPS) is 38.5. The summed E-state index contributed by atoms with van der Waals surface area (Å²) >= 11 is 0. The average Bonchev–Trinajstić information content (AvgIpc) is 3.19. The van der Waals surface area contributed by atoms with Crippen molar-refractivity contribution in [3.05, 3.63) is 35.4 Å². The molecule has 1 aromatic rings. The third-order valence-corrected chi connectivity index (χ3v) is 8.83. The van der Waals surface area contributed by atoms with E-state index in [-0.39, 0.29) is 11.6 Å². The Morgan fingerprint density at radius 2 is 1.54 bits per heavy atom. The van der Waals surface area contributed by atoms with Gasteiger partial charge in [0.25, 0.3) is 10.2 Å². The van der Waals surface area contributed by atoms with Gasteiger partial charge in [0, 0.05) is 12.6 Å². The fourth-order valence-corrected chi connectivity index (χ4v) is 7.90. The molecule has 4 nitrogen and oxygen atoms in total. The molecule has 1 heterocycles. The molecule has 0 aromatic heterocycles. The molecule has 5 rings (SSSR count). The van der Waals surface area contributed by atoms with Crippen LogP contribution >= 0.6 is 0 Å². The summed E-state index contributed by atoms with van der Waals surface area (Å²) in [6.45, 7) is 0.698. The van der Waals surface area contributed by atoms with E-state index in [9.17, 15) is 8.42 Å². The van der Waals surface area contributed by atoms with Crippen molar-refractivity contribution < 1.29 is 8.42 Å². The zero-order valence-corrected chi connectivity index (χ0v) is 14.9. The standard InChI is InChI=1S/C19H26N2O2S/c22-24(23)20-19(13-21(24)18-7-3-4-8-18)16-9-10-17(19)12-15-6-2-1-5-14(15)11-16/h1-2,5-6,16-18,20H,3-4,7-13H2/t16-,17+,19?. The van der Waals surface area contributed by atoms with Crippen LogP contribution in [0.4, 0.5) is 0 Å². The van der Waals surface area contributed by atoms with Gasteiger partial charge in [0.15, 0.2) is 0 Å². The molecule has 2 saturated carbocycles. The molecule has 0 radical (unpaired) electrons. The summed E-state index contributed by atoms with van der Waals surface area (Å²) in [5.41, 5.74) is 2.63. The first-order chi connectivity index (χ1) is 11.6. The molecule has 2 bridgehead atoms. The molecule has 5 heteroatoms. The molecule has 1 unspecified atom stereocenters. The largest absolute Gasteiger partial charge is 0.280 e. The minimum Gasteiger partial charge on any atom is -0.195 e. The van der Waals surface area contributed by atoms with Crippen LogP contribution < -0.4 is 4.72 Å². The Hall–Kier alpha value is -0.910. The van der Waals surface area contributed by atoms with Gasteiger partial charge in [-0.25, -0.2) is 0 Å². The van der Waals surface area contributed by atoms with Gasteiger partial charge in [-0.1, -0.05) is 37.1 Å². The Balaban J connectivity index is 1.52. The lowest BCUT2D eigenvalue weighted by molar-refractivity contribution is 0.195. The van der Waals surface area contributed by atoms with Crippen LogP contribution in [0.2, 0.25) is 0 Å². The van der Waals surface area contributed by atoms with Crippen LogP contribution in [0.25, 0.3) is 0 Å². The van der Waals surface area contributed by atoms with Crippen LogP contribution in [0.1, 0.15) is 49.7 Å². The minimum atomic E-state index is -3.32. The van der Waals surface area contributed by atoms with Crippen molar-refractivity contribution in [1.82, 2.24) is 9.03 Å². The van der Waals surface area contributed by atoms with Crippen LogP contribution in [0.3, 0.4) is 0 Å². The Morgan fingerprint density at radius 1 is 0.958 bits per heavy atom. The molecule has 4 aliphatic rings. The van der Waals surface area contributed by atoms with Crippen LogP contribution in [0, 0.1) is 11.8 Å². The van der Waals surface area contributed by atoms with E-state index in [0.29, 0.717) is 18.4 Å². The third-order valence-electron chi connectivity index (χ3n) is 7.15. The molecule has 0 amide bonds. The van der Waals surface area contributed by atoms with Gasteiger partial charge in [0.1, 0.15) is 0 Å². The topological polar surface area (TPSA) is 49.4 Å². The monoisotopic (exact) mass is 346 g/mol. The molecule has 1 aliphatic heterocycles. The lowest BCUT2D eigenvalue weighted by Crippen LogP contribution is -2.52. The summed E-state index contributed by atoms with van der Waals surface area (Å²) in [4.78, 5) is 0. The maximum atomic E-state index is 12.9. The van der Waals surface area contributed by atoms with Gasteiger partial charge in [0.2, 0.25) is 0 Å². The molecule has 1 N–H and O–H groups in total. The maximum absolute atomic E-state index is 12.9. The van der Waals surface area contributed by atoms with E-state index in [1.54, 1.807) is 0 Å². The number of rotatable bonds is 1. The fourth-order valence-electron chi connectivity index (χ4n) is 5.92. The Morgan fingerprint density at radius 3 is 2.12 bits per heavy atom. The smallest absolute Gasteiger partial charge is 0.195 e. The van der Waals surface area contributed by atoms with Crippen LogP contribution in [-0.4, -0.2) is 30.8 Å². The molecular weight excluding hydrogens is 320 g/mol. The zero-order valence-electron chi connectivity index (χ0n) is 14.1. The Labute approximate surface area is 144 Å². The quantitative estimate of drug-likeness (QED) is 0.850. The molecule has 1 saturated heterocycles. The highest BCUT2D eigenvalue weighted by molar-refractivity contribution is 7.87. The third kappa shape index (κ3) is 2.14. The average molecular weight is 346 g/mol. The lowest BCUT2D eigenvalue weighted by Gasteiger charge is -2.34. The van der Waals surface area contributed by atoms with E-state index in [0.717, 1.165) is 38.5 Å². The van der Waals surface area contributed by atoms with E-state index in [1.807, 2.05) is 4.31 Å². The maximum Gasteiger partial charge on any atom is 0.280 e. The number of fused-ring (bicyclic) bond motifs is 1. The number of hydrogen-bond donors (Lipinski definition) is 1. The van der Waals surface area contributed by atoms with Gasteiger partial charge >= 0.3 is 0 Å². The SMILES string of the molecule is O=S1(=O)NC2(CN1C1CCCC1)[C@@H]1CC[C@H]2Cc2ccccc2C1. The lowest BCUT2D eigenvalue weighted by atomic mass is 9.79. The predicted molar refractivity (Wildman–Crippen MR) is 93.8 cm³/mol. The molecule has 130 valence electrons. The summed E-state index contributed by atoms with van der Waals surface area (Å²) < 4.78 is 30.9. The second-order valence-corrected chi connectivity index (χ2v) is 9.90. The van der Waals surface area contributed by atoms with Gasteiger partial charge in [-0.3, -0.25) is 0 Å². The van der Waals surface area contributed by atoms with Crippen LogP contribution in [0.15, 0.2) is 24.3 Å². The second kappa shape index (κ2) is 5.29.